The first-order chi connectivity index (χ1) is 13.5. The number of hydrazone groups is 1. The first-order valence-corrected chi connectivity index (χ1v) is 9.77. The third kappa shape index (κ3) is 5.37. The Bertz CT molecular complexity index is 1020. The normalized spacial score (nSPS) is 10.6. The molecule has 0 aliphatic heterocycles. The molecule has 7 heteroatoms. The highest BCUT2D eigenvalue weighted by atomic mass is 79.9. The lowest BCUT2D eigenvalue weighted by molar-refractivity contribution is 0.0733. The minimum absolute atomic E-state index is 0.303. The molecule has 0 heterocycles. The number of halogens is 2. The van der Waals surface area contributed by atoms with Crippen molar-refractivity contribution in [1.82, 2.24) is 5.43 Å². The van der Waals surface area contributed by atoms with Crippen molar-refractivity contribution in [3.05, 3.63) is 98.4 Å². The second-order valence-electron chi connectivity index (χ2n) is 5.64. The summed E-state index contributed by atoms with van der Waals surface area (Å²) in [5.74, 6) is -0.338. The number of carbonyl (C=O) groups is 2. The van der Waals surface area contributed by atoms with Crippen LogP contribution in [0.4, 0.5) is 0 Å². The van der Waals surface area contributed by atoms with Crippen LogP contribution in [0.15, 0.2) is 86.8 Å². The maximum absolute atomic E-state index is 12.2. The van der Waals surface area contributed by atoms with E-state index < -0.39 is 5.97 Å². The summed E-state index contributed by atoms with van der Waals surface area (Å²) in [4.78, 5) is 24.2. The van der Waals surface area contributed by atoms with Crippen molar-refractivity contribution >= 4 is 50.0 Å². The summed E-state index contributed by atoms with van der Waals surface area (Å²) in [6, 6.07) is 20.8. The van der Waals surface area contributed by atoms with Crippen LogP contribution in [0.5, 0.6) is 5.75 Å². The molecule has 0 aromatic heterocycles. The van der Waals surface area contributed by atoms with Gasteiger partial charge >= 0.3 is 5.97 Å². The molecule has 0 radical (unpaired) electrons. The third-order valence-corrected chi connectivity index (χ3v) is 4.89. The van der Waals surface area contributed by atoms with Crippen molar-refractivity contribution in [2.45, 2.75) is 0 Å². The standard InChI is InChI=1S/C21H14Br2N2O3/c22-16-9-7-15(8-10-16)20(26)25-24-13-14-5-11-17(12-6-14)28-21(27)18-3-1-2-4-19(18)23/h1-13H,(H,25,26). The summed E-state index contributed by atoms with van der Waals surface area (Å²) in [7, 11) is 0. The summed E-state index contributed by atoms with van der Waals surface area (Å²) >= 11 is 6.65. The van der Waals surface area contributed by atoms with Crippen LogP contribution >= 0.6 is 31.9 Å². The average molecular weight is 502 g/mol. The number of benzene rings is 3. The smallest absolute Gasteiger partial charge is 0.344 e. The van der Waals surface area contributed by atoms with E-state index in [0.29, 0.717) is 21.3 Å². The van der Waals surface area contributed by atoms with Gasteiger partial charge in [0.15, 0.2) is 0 Å². The Hall–Kier alpha value is -2.77. The van der Waals surface area contributed by atoms with Gasteiger partial charge in [0.1, 0.15) is 5.75 Å². The fourth-order valence-electron chi connectivity index (χ4n) is 2.24. The molecule has 1 amide bonds. The zero-order valence-corrected chi connectivity index (χ0v) is 17.6. The predicted octanol–water partition coefficient (Wildman–Crippen LogP) is 5.19. The van der Waals surface area contributed by atoms with Crippen LogP contribution in [0, 0.1) is 0 Å². The second-order valence-corrected chi connectivity index (χ2v) is 7.41. The van der Waals surface area contributed by atoms with Gasteiger partial charge in [-0.15, -0.1) is 0 Å². The van der Waals surface area contributed by atoms with E-state index in [1.807, 2.05) is 6.07 Å². The molecule has 0 fully saturated rings. The summed E-state index contributed by atoms with van der Waals surface area (Å²) in [6.07, 6.45) is 1.51. The highest BCUT2D eigenvalue weighted by molar-refractivity contribution is 9.10. The molecule has 1 N–H and O–H groups in total. The number of carbonyl (C=O) groups excluding carboxylic acids is 2. The van der Waals surface area contributed by atoms with Gasteiger partial charge in [-0.1, -0.05) is 28.1 Å². The highest BCUT2D eigenvalue weighted by Gasteiger charge is 2.11. The predicted molar refractivity (Wildman–Crippen MR) is 115 cm³/mol. The quantitative estimate of drug-likeness (QED) is 0.226. The Labute approximate surface area is 178 Å². The molecule has 0 saturated carbocycles. The van der Waals surface area contributed by atoms with Crippen LogP contribution in [-0.2, 0) is 0 Å². The van der Waals surface area contributed by atoms with Gasteiger partial charge in [-0.05, 0) is 82.2 Å². The average Bonchev–Trinajstić information content (AvgIpc) is 2.70. The lowest BCUT2D eigenvalue weighted by Gasteiger charge is -2.06. The van der Waals surface area contributed by atoms with Crippen molar-refractivity contribution in [2.75, 3.05) is 0 Å². The van der Waals surface area contributed by atoms with Gasteiger partial charge in [0.05, 0.1) is 11.8 Å². The largest absolute Gasteiger partial charge is 0.423 e. The van der Waals surface area contributed by atoms with E-state index in [-0.39, 0.29) is 5.91 Å². The molecule has 0 aliphatic rings. The third-order valence-electron chi connectivity index (χ3n) is 3.67. The second kappa shape index (κ2) is 9.43. The molecule has 140 valence electrons. The molecular weight excluding hydrogens is 488 g/mol. The van der Waals surface area contributed by atoms with Crippen LogP contribution in [0.3, 0.4) is 0 Å². The number of nitrogens with zero attached hydrogens (tertiary/aromatic N) is 1. The topological polar surface area (TPSA) is 67.8 Å². The highest BCUT2D eigenvalue weighted by Crippen LogP contribution is 2.19. The van der Waals surface area contributed by atoms with Crippen LogP contribution in [-0.4, -0.2) is 18.1 Å². The molecule has 5 nitrogen and oxygen atoms in total. The van der Waals surface area contributed by atoms with Crippen molar-refractivity contribution in [3.63, 3.8) is 0 Å². The number of hydrogen-bond acceptors (Lipinski definition) is 4. The van der Waals surface area contributed by atoms with E-state index in [9.17, 15) is 9.59 Å². The summed E-state index contributed by atoms with van der Waals surface area (Å²) in [5, 5.41) is 3.94. The molecule has 0 spiro atoms. The first-order valence-electron chi connectivity index (χ1n) is 8.19. The SMILES string of the molecule is O=C(NN=Cc1ccc(OC(=O)c2ccccc2Br)cc1)c1ccc(Br)cc1. The number of esters is 1. The first kappa shape index (κ1) is 20.0. The molecule has 0 atom stereocenters. The Balaban J connectivity index is 1.57. The fraction of sp³-hybridized carbons (Fsp3) is 0. The lowest BCUT2D eigenvalue weighted by atomic mass is 10.2. The van der Waals surface area contributed by atoms with Gasteiger partial charge in [0, 0.05) is 14.5 Å². The van der Waals surface area contributed by atoms with Gasteiger partial charge in [-0.25, -0.2) is 10.2 Å². The van der Waals surface area contributed by atoms with Gasteiger partial charge in [0.2, 0.25) is 0 Å². The molecule has 28 heavy (non-hydrogen) atoms. The molecular formula is C21H14Br2N2O3. The Kier molecular flexibility index (Phi) is 6.73. The van der Waals surface area contributed by atoms with E-state index >= 15 is 0 Å². The molecule has 0 bridgehead atoms. The van der Waals surface area contributed by atoms with E-state index in [2.05, 4.69) is 42.4 Å². The Morgan fingerprint density at radius 2 is 1.57 bits per heavy atom. The molecule has 3 aromatic rings. The Morgan fingerprint density at radius 3 is 2.25 bits per heavy atom. The van der Waals surface area contributed by atoms with E-state index in [0.717, 1.165) is 10.0 Å². The molecule has 0 unspecified atom stereocenters. The van der Waals surface area contributed by atoms with Crippen molar-refractivity contribution < 1.29 is 14.3 Å². The molecule has 0 saturated heterocycles. The van der Waals surface area contributed by atoms with Crippen molar-refractivity contribution in [3.8, 4) is 5.75 Å². The van der Waals surface area contributed by atoms with E-state index in [1.165, 1.54) is 6.21 Å². The lowest BCUT2D eigenvalue weighted by Crippen LogP contribution is -2.17. The van der Waals surface area contributed by atoms with Crippen LogP contribution in [0.1, 0.15) is 26.3 Å². The monoisotopic (exact) mass is 500 g/mol. The van der Waals surface area contributed by atoms with Gasteiger partial charge in [-0.2, -0.15) is 5.10 Å². The fourth-order valence-corrected chi connectivity index (χ4v) is 2.95. The zero-order valence-electron chi connectivity index (χ0n) is 14.4. The van der Waals surface area contributed by atoms with Crippen LogP contribution in [0.2, 0.25) is 0 Å². The number of ether oxygens (including phenoxy) is 1. The van der Waals surface area contributed by atoms with Gasteiger partial charge in [0.25, 0.3) is 5.91 Å². The number of nitrogens with one attached hydrogen (secondary N) is 1. The van der Waals surface area contributed by atoms with Crippen LogP contribution < -0.4 is 10.2 Å². The number of amides is 1. The van der Waals surface area contributed by atoms with E-state index in [4.69, 9.17) is 4.74 Å². The van der Waals surface area contributed by atoms with Crippen molar-refractivity contribution in [1.29, 1.82) is 0 Å². The zero-order chi connectivity index (χ0) is 19.9. The van der Waals surface area contributed by atoms with E-state index in [1.54, 1.807) is 66.7 Å². The van der Waals surface area contributed by atoms with Crippen LogP contribution in [0.25, 0.3) is 0 Å². The minimum atomic E-state index is -0.448. The number of hydrogen-bond donors (Lipinski definition) is 1. The molecule has 3 aromatic carbocycles. The van der Waals surface area contributed by atoms with Gasteiger partial charge < -0.3 is 4.74 Å². The number of rotatable bonds is 5. The summed E-state index contributed by atoms with van der Waals surface area (Å²) < 4.78 is 6.93. The minimum Gasteiger partial charge on any atom is -0.423 e. The molecule has 3 rings (SSSR count). The molecule has 0 aliphatic carbocycles. The Morgan fingerprint density at radius 1 is 0.893 bits per heavy atom. The maximum Gasteiger partial charge on any atom is 0.344 e. The van der Waals surface area contributed by atoms with Gasteiger partial charge in [-0.3, -0.25) is 4.79 Å². The maximum atomic E-state index is 12.2. The summed E-state index contributed by atoms with van der Waals surface area (Å²) in [5.41, 5.74) is 4.17. The summed E-state index contributed by atoms with van der Waals surface area (Å²) in [6.45, 7) is 0. The van der Waals surface area contributed by atoms with Crippen molar-refractivity contribution in [2.24, 2.45) is 5.10 Å².